The molecule has 2 nitrogen and oxygen atoms in total. The summed E-state index contributed by atoms with van der Waals surface area (Å²) in [6, 6.07) is 6.47. The number of para-hydroxylation sites is 1. The van der Waals surface area contributed by atoms with Crippen molar-refractivity contribution in [1.29, 1.82) is 0 Å². The van der Waals surface area contributed by atoms with E-state index >= 15 is 0 Å². The number of benzene rings is 1. The fourth-order valence-electron chi connectivity index (χ4n) is 1.58. The molecular weight excluding hydrogens is 204 g/mol. The molecule has 0 saturated heterocycles. The van der Waals surface area contributed by atoms with Gasteiger partial charge in [-0.3, -0.25) is 0 Å². The molecule has 3 heteroatoms. The first-order valence-corrected chi connectivity index (χ1v) is 5.48. The molecule has 15 heavy (non-hydrogen) atoms. The molecule has 82 valence electrons. The number of hydrogen-bond acceptors (Lipinski definition) is 2. The Kier molecular flexibility index (Phi) is 3.69. The lowest BCUT2D eigenvalue weighted by molar-refractivity contribution is 0.752. The Morgan fingerprint density at radius 2 is 2.00 bits per heavy atom. The van der Waals surface area contributed by atoms with Crippen LogP contribution in [0.1, 0.15) is 25.0 Å². The normalized spacial score (nSPS) is 10.5. The molecule has 0 aliphatic rings. The van der Waals surface area contributed by atoms with E-state index in [1.165, 1.54) is 5.56 Å². The number of anilines is 1. The van der Waals surface area contributed by atoms with Crippen LogP contribution in [-0.4, -0.2) is 18.1 Å². The molecule has 0 aromatic heterocycles. The number of nitrogens with two attached hydrogens (primary N) is 1. The maximum absolute atomic E-state index is 5.73. The summed E-state index contributed by atoms with van der Waals surface area (Å²) in [4.78, 5) is 2.66. The Morgan fingerprint density at radius 1 is 1.40 bits per heavy atom. The molecule has 1 rings (SSSR count). The topological polar surface area (TPSA) is 29.3 Å². The lowest BCUT2D eigenvalue weighted by atomic mass is 10.1. The fourth-order valence-corrected chi connectivity index (χ4v) is 1.75. The van der Waals surface area contributed by atoms with Crippen molar-refractivity contribution in [3.05, 3.63) is 29.3 Å². The van der Waals surface area contributed by atoms with Crippen LogP contribution >= 0.6 is 12.2 Å². The summed E-state index contributed by atoms with van der Waals surface area (Å²) in [5, 5.41) is 0. The van der Waals surface area contributed by atoms with Gasteiger partial charge < -0.3 is 10.6 Å². The van der Waals surface area contributed by atoms with Gasteiger partial charge in [0.05, 0.1) is 0 Å². The van der Waals surface area contributed by atoms with Crippen molar-refractivity contribution in [1.82, 2.24) is 0 Å². The van der Waals surface area contributed by atoms with Crippen molar-refractivity contribution in [3.63, 3.8) is 0 Å². The zero-order valence-corrected chi connectivity index (χ0v) is 10.6. The van der Waals surface area contributed by atoms with Crippen LogP contribution in [0.5, 0.6) is 0 Å². The van der Waals surface area contributed by atoms with Crippen molar-refractivity contribution in [2.24, 2.45) is 5.73 Å². The molecule has 2 N–H and O–H groups in total. The first-order valence-electron chi connectivity index (χ1n) is 5.07. The minimum atomic E-state index is 0.430. The molecule has 0 atom stereocenters. The van der Waals surface area contributed by atoms with Gasteiger partial charge in [-0.2, -0.15) is 0 Å². The second-order valence-corrected chi connectivity index (χ2v) is 4.48. The van der Waals surface area contributed by atoms with Crippen LogP contribution < -0.4 is 10.6 Å². The van der Waals surface area contributed by atoms with E-state index in [0.717, 1.165) is 11.3 Å². The van der Waals surface area contributed by atoms with E-state index in [2.05, 4.69) is 38.8 Å². The predicted octanol–water partition coefficient (Wildman–Crippen LogP) is 2.47. The Bertz CT molecular complexity index is 372. The number of nitrogens with zero attached hydrogens (tertiary/aromatic N) is 1. The van der Waals surface area contributed by atoms with E-state index in [9.17, 15) is 0 Å². The van der Waals surface area contributed by atoms with E-state index in [4.69, 9.17) is 18.0 Å². The molecule has 0 amide bonds. The minimum Gasteiger partial charge on any atom is -0.389 e. The van der Waals surface area contributed by atoms with Crippen LogP contribution in [0.15, 0.2) is 18.2 Å². The van der Waals surface area contributed by atoms with Gasteiger partial charge in [0.15, 0.2) is 0 Å². The lowest BCUT2D eigenvalue weighted by Gasteiger charge is -2.27. The number of rotatable bonds is 3. The van der Waals surface area contributed by atoms with Crippen LogP contribution in [0.4, 0.5) is 5.69 Å². The number of thiocarbonyl (C=S) groups is 1. The summed E-state index contributed by atoms with van der Waals surface area (Å²) in [6.45, 7) is 6.38. The lowest BCUT2D eigenvalue weighted by Crippen LogP contribution is -2.29. The summed E-state index contributed by atoms with van der Waals surface area (Å²) >= 11 is 5.07. The van der Waals surface area contributed by atoms with Gasteiger partial charge in [-0.25, -0.2) is 0 Å². The first kappa shape index (κ1) is 12.0. The second-order valence-electron chi connectivity index (χ2n) is 4.04. The molecular formula is C12H18N2S. The Morgan fingerprint density at radius 3 is 2.47 bits per heavy atom. The molecule has 0 aliphatic carbocycles. The quantitative estimate of drug-likeness (QED) is 0.797. The Labute approximate surface area is 97.1 Å². The van der Waals surface area contributed by atoms with Gasteiger partial charge >= 0.3 is 0 Å². The third-order valence-electron chi connectivity index (χ3n) is 2.63. The maximum atomic E-state index is 5.73. The summed E-state index contributed by atoms with van der Waals surface area (Å²) < 4.78 is 0. The highest BCUT2D eigenvalue weighted by molar-refractivity contribution is 7.80. The average Bonchev–Trinajstić information content (AvgIpc) is 2.16. The smallest absolute Gasteiger partial charge is 0.106 e. The zero-order chi connectivity index (χ0) is 11.6. The molecule has 0 unspecified atom stereocenters. The monoisotopic (exact) mass is 222 g/mol. The Hall–Kier alpha value is -1.09. The van der Waals surface area contributed by atoms with Crippen LogP contribution in [0, 0.1) is 6.92 Å². The SMILES string of the molecule is Cc1cccc(C(N)=S)c1N(C)C(C)C. The molecule has 0 saturated carbocycles. The van der Waals surface area contributed by atoms with E-state index < -0.39 is 0 Å². The van der Waals surface area contributed by atoms with Gasteiger partial charge in [0.2, 0.25) is 0 Å². The van der Waals surface area contributed by atoms with Gasteiger partial charge in [-0.15, -0.1) is 0 Å². The van der Waals surface area contributed by atoms with Gasteiger partial charge in [0.1, 0.15) is 4.99 Å². The zero-order valence-electron chi connectivity index (χ0n) is 9.74. The van der Waals surface area contributed by atoms with Crippen molar-refractivity contribution in [3.8, 4) is 0 Å². The van der Waals surface area contributed by atoms with Crippen molar-refractivity contribution >= 4 is 22.9 Å². The highest BCUT2D eigenvalue weighted by atomic mass is 32.1. The average molecular weight is 222 g/mol. The Balaban J connectivity index is 3.30. The van der Waals surface area contributed by atoms with Crippen molar-refractivity contribution < 1.29 is 0 Å². The molecule has 0 aliphatic heterocycles. The maximum Gasteiger partial charge on any atom is 0.106 e. The van der Waals surface area contributed by atoms with Gasteiger partial charge in [0.25, 0.3) is 0 Å². The third-order valence-corrected chi connectivity index (χ3v) is 2.85. The second kappa shape index (κ2) is 4.62. The van der Waals surface area contributed by atoms with Crippen LogP contribution in [0.2, 0.25) is 0 Å². The molecule has 1 aromatic rings. The van der Waals surface area contributed by atoms with E-state index in [1.54, 1.807) is 0 Å². The van der Waals surface area contributed by atoms with Crippen LogP contribution in [0.3, 0.4) is 0 Å². The molecule has 0 heterocycles. The molecule has 0 spiro atoms. The highest BCUT2D eigenvalue weighted by Gasteiger charge is 2.13. The largest absolute Gasteiger partial charge is 0.389 e. The molecule has 0 fully saturated rings. The third kappa shape index (κ3) is 2.48. The molecule has 0 bridgehead atoms. The summed E-state index contributed by atoms with van der Waals surface area (Å²) in [6.07, 6.45) is 0. The first-order chi connectivity index (χ1) is 6.95. The summed E-state index contributed by atoms with van der Waals surface area (Å²) in [5.41, 5.74) is 9.03. The highest BCUT2D eigenvalue weighted by Crippen LogP contribution is 2.25. The van der Waals surface area contributed by atoms with Gasteiger partial charge in [0, 0.05) is 24.3 Å². The molecule has 1 aromatic carbocycles. The summed E-state index contributed by atoms with van der Waals surface area (Å²) in [7, 11) is 2.06. The fraction of sp³-hybridized carbons (Fsp3) is 0.417. The predicted molar refractivity (Wildman–Crippen MR) is 70.6 cm³/mol. The van der Waals surface area contributed by atoms with Crippen LogP contribution in [0.25, 0.3) is 0 Å². The van der Waals surface area contributed by atoms with Gasteiger partial charge in [-0.05, 0) is 32.4 Å². The number of aryl methyl sites for hydroxylation is 1. The summed E-state index contributed by atoms with van der Waals surface area (Å²) in [5.74, 6) is 0. The molecule has 0 radical (unpaired) electrons. The standard InChI is InChI=1S/C12H18N2S/c1-8(2)14(4)11-9(3)6-5-7-10(11)12(13)15/h5-8H,1-4H3,(H2,13,15). The van der Waals surface area contributed by atoms with Gasteiger partial charge in [-0.1, -0.05) is 24.4 Å². The minimum absolute atomic E-state index is 0.430. The van der Waals surface area contributed by atoms with Crippen LogP contribution in [-0.2, 0) is 0 Å². The number of hydrogen-bond donors (Lipinski definition) is 1. The van der Waals surface area contributed by atoms with Crippen molar-refractivity contribution in [2.75, 3.05) is 11.9 Å². The van der Waals surface area contributed by atoms with Crippen molar-refractivity contribution in [2.45, 2.75) is 26.8 Å². The van der Waals surface area contributed by atoms with E-state index in [-0.39, 0.29) is 0 Å². The van der Waals surface area contributed by atoms with E-state index in [0.29, 0.717) is 11.0 Å². The van der Waals surface area contributed by atoms with E-state index in [1.807, 2.05) is 12.1 Å².